The van der Waals surface area contributed by atoms with Crippen molar-refractivity contribution in [3.05, 3.63) is 0 Å². The van der Waals surface area contributed by atoms with E-state index in [0.29, 0.717) is 0 Å². The summed E-state index contributed by atoms with van der Waals surface area (Å²) in [6.07, 6.45) is 2.50. The van der Waals surface area contributed by atoms with Gasteiger partial charge in [0.1, 0.15) is 0 Å². The molecule has 2 N–H and O–H groups in total. The molecule has 8 heavy (non-hydrogen) atoms. The summed E-state index contributed by atoms with van der Waals surface area (Å²) in [7, 11) is 0. The second-order valence-electron chi connectivity index (χ2n) is 2.16. The lowest BCUT2D eigenvalue weighted by Gasteiger charge is -2.04. The number of rotatable bonds is 4. The molecule has 0 heterocycles. The van der Waals surface area contributed by atoms with Crippen molar-refractivity contribution in [1.29, 1.82) is 0 Å². The third-order valence-corrected chi connectivity index (χ3v) is 1.88. The van der Waals surface area contributed by atoms with Gasteiger partial charge in [0.05, 0.1) is 0 Å². The quantitative estimate of drug-likeness (QED) is 0.575. The molecular weight excluding hydrogens is 213 g/mol. The first kappa shape index (κ1) is 8.69. The molecule has 1 unspecified atom stereocenters. The molecule has 0 saturated carbocycles. The van der Waals surface area contributed by atoms with Crippen LogP contribution in [0.1, 0.15) is 19.8 Å². The van der Waals surface area contributed by atoms with Crippen LogP contribution in [0.15, 0.2) is 0 Å². The fourth-order valence-electron chi connectivity index (χ4n) is 0.615. The highest BCUT2D eigenvalue weighted by Gasteiger charge is 1.96. The normalized spacial score (nSPS) is 13.9. The van der Waals surface area contributed by atoms with Gasteiger partial charge in [-0.15, -0.1) is 0 Å². The zero-order valence-electron chi connectivity index (χ0n) is 5.36. The molecule has 0 aliphatic heterocycles. The Morgan fingerprint density at radius 1 is 1.50 bits per heavy atom. The SMILES string of the molecule is CC(CCN)CCI. The number of hydrogen-bond donors (Lipinski definition) is 1. The van der Waals surface area contributed by atoms with Crippen molar-refractivity contribution in [1.82, 2.24) is 0 Å². The van der Waals surface area contributed by atoms with Crippen molar-refractivity contribution in [2.45, 2.75) is 19.8 Å². The molecule has 0 aromatic carbocycles. The summed E-state index contributed by atoms with van der Waals surface area (Å²) in [5.41, 5.74) is 5.36. The molecule has 0 amide bonds. The minimum atomic E-state index is 0.830. The summed E-state index contributed by atoms with van der Waals surface area (Å²) in [5.74, 6) is 0.830. The molecule has 0 aromatic rings. The second kappa shape index (κ2) is 5.82. The Bertz CT molecular complexity index is 41.8. The van der Waals surface area contributed by atoms with E-state index in [0.717, 1.165) is 12.5 Å². The molecule has 0 radical (unpaired) electrons. The largest absolute Gasteiger partial charge is 0.330 e. The van der Waals surface area contributed by atoms with Crippen LogP contribution in [0, 0.1) is 5.92 Å². The second-order valence-corrected chi connectivity index (χ2v) is 3.24. The predicted octanol–water partition coefficient (Wildman–Crippen LogP) is 1.80. The van der Waals surface area contributed by atoms with Crippen LogP contribution in [0.3, 0.4) is 0 Å². The van der Waals surface area contributed by atoms with Crippen molar-refractivity contribution in [2.75, 3.05) is 11.0 Å². The highest BCUT2D eigenvalue weighted by atomic mass is 127. The van der Waals surface area contributed by atoms with E-state index in [2.05, 4.69) is 29.5 Å². The maximum absolute atomic E-state index is 5.36. The monoisotopic (exact) mass is 227 g/mol. The summed E-state index contributed by atoms with van der Waals surface area (Å²) in [5, 5.41) is 0. The van der Waals surface area contributed by atoms with Gasteiger partial charge in [-0.25, -0.2) is 0 Å². The van der Waals surface area contributed by atoms with Crippen molar-refractivity contribution in [3.8, 4) is 0 Å². The average molecular weight is 227 g/mol. The average Bonchev–Trinajstić information content (AvgIpc) is 1.68. The molecule has 1 nitrogen and oxygen atoms in total. The van der Waals surface area contributed by atoms with E-state index in [1.165, 1.54) is 17.3 Å². The van der Waals surface area contributed by atoms with Gasteiger partial charge < -0.3 is 5.73 Å². The van der Waals surface area contributed by atoms with Gasteiger partial charge in [0.25, 0.3) is 0 Å². The first-order valence-electron chi connectivity index (χ1n) is 3.07. The molecule has 0 aromatic heterocycles. The molecule has 0 rings (SSSR count). The van der Waals surface area contributed by atoms with E-state index in [4.69, 9.17) is 5.73 Å². The van der Waals surface area contributed by atoms with Crippen LogP contribution in [0.2, 0.25) is 0 Å². The van der Waals surface area contributed by atoms with E-state index >= 15 is 0 Å². The lowest BCUT2D eigenvalue weighted by Crippen LogP contribution is -2.05. The summed E-state index contributed by atoms with van der Waals surface area (Å²) in [6, 6.07) is 0. The number of halogens is 1. The number of nitrogens with two attached hydrogens (primary N) is 1. The predicted molar refractivity (Wildman–Crippen MR) is 46.3 cm³/mol. The number of alkyl halides is 1. The minimum absolute atomic E-state index is 0.830. The molecule has 0 bridgehead atoms. The Balaban J connectivity index is 2.92. The number of hydrogen-bond acceptors (Lipinski definition) is 1. The van der Waals surface area contributed by atoms with Crippen molar-refractivity contribution >= 4 is 22.6 Å². The first-order chi connectivity index (χ1) is 3.81. The summed E-state index contributed by atoms with van der Waals surface area (Å²) in [6.45, 7) is 3.10. The van der Waals surface area contributed by atoms with Gasteiger partial charge in [-0.1, -0.05) is 29.5 Å². The van der Waals surface area contributed by atoms with Crippen LogP contribution < -0.4 is 5.73 Å². The van der Waals surface area contributed by atoms with Gasteiger partial charge in [0.15, 0.2) is 0 Å². The molecule has 0 aliphatic carbocycles. The van der Waals surface area contributed by atoms with Crippen molar-refractivity contribution in [2.24, 2.45) is 11.7 Å². The summed E-state index contributed by atoms with van der Waals surface area (Å²) >= 11 is 2.40. The van der Waals surface area contributed by atoms with Crippen LogP contribution in [-0.2, 0) is 0 Å². The lowest BCUT2D eigenvalue weighted by molar-refractivity contribution is 0.531. The van der Waals surface area contributed by atoms with Crippen LogP contribution >= 0.6 is 22.6 Å². The van der Waals surface area contributed by atoms with Gasteiger partial charge in [-0.05, 0) is 29.7 Å². The van der Waals surface area contributed by atoms with Gasteiger partial charge >= 0.3 is 0 Å². The fourth-order valence-corrected chi connectivity index (χ4v) is 1.68. The molecule has 0 fully saturated rings. The van der Waals surface area contributed by atoms with Crippen LogP contribution in [0.25, 0.3) is 0 Å². The third-order valence-electron chi connectivity index (χ3n) is 1.26. The van der Waals surface area contributed by atoms with E-state index in [9.17, 15) is 0 Å². The zero-order valence-corrected chi connectivity index (χ0v) is 7.52. The maximum atomic E-state index is 5.36. The molecular formula is C6H14IN. The highest BCUT2D eigenvalue weighted by Crippen LogP contribution is 2.07. The highest BCUT2D eigenvalue weighted by molar-refractivity contribution is 14.1. The van der Waals surface area contributed by atoms with E-state index < -0.39 is 0 Å². The van der Waals surface area contributed by atoms with E-state index in [1.807, 2.05) is 0 Å². The summed E-state index contributed by atoms with van der Waals surface area (Å²) < 4.78 is 1.26. The van der Waals surface area contributed by atoms with Crippen LogP contribution in [0.4, 0.5) is 0 Å². The van der Waals surface area contributed by atoms with Gasteiger partial charge in [0.2, 0.25) is 0 Å². The molecule has 0 aliphatic rings. The first-order valence-corrected chi connectivity index (χ1v) is 4.59. The van der Waals surface area contributed by atoms with E-state index in [1.54, 1.807) is 0 Å². The Kier molecular flexibility index (Phi) is 6.32. The van der Waals surface area contributed by atoms with Crippen molar-refractivity contribution < 1.29 is 0 Å². The van der Waals surface area contributed by atoms with Crippen LogP contribution in [0.5, 0.6) is 0 Å². The summed E-state index contributed by atoms with van der Waals surface area (Å²) in [4.78, 5) is 0. The van der Waals surface area contributed by atoms with E-state index in [-0.39, 0.29) is 0 Å². The fraction of sp³-hybridized carbons (Fsp3) is 1.00. The molecule has 0 spiro atoms. The molecule has 0 saturated heterocycles. The Morgan fingerprint density at radius 2 is 2.12 bits per heavy atom. The maximum Gasteiger partial charge on any atom is -0.000219 e. The Hall–Kier alpha value is 0.690. The molecule has 2 heteroatoms. The molecule has 1 atom stereocenters. The lowest BCUT2D eigenvalue weighted by atomic mass is 10.1. The zero-order chi connectivity index (χ0) is 6.41. The van der Waals surface area contributed by atoms with Gasteiger partial charge in [-0.2, -0.15) is 0 Å². The smallest absolute Gasteiger partial charge is 0.000219 e. The van der Waals surface area contributed by atoms with Crippen LogP contribution in [-0.4, -0.2) is 11.0 Å². The van der Waals surface area contributed by atoms with Crippen molar-refractivity contribution in [3.63, 3.8) is 0 Å². The Morgan fingerprint density at radius 3 is 2.50 bits per heavy atom. The van der Waals surface area contributed by atoms with Gasteiger partial charge in [0, 0.05) is 0 Å². The minimum Gasteiger partial charge on any atom is -0.330 e. The third kappa shape index (κ3) is 4.84. The standard InChI is InChI=1S/C6H14IN/c1-6(2-4-7)3-5-8/h6H,2-5,8H2,1H3. The topological polar surface area (TPSA) is 26.0 Å². The Labute approximate surface area is 65.2 Å². The molecule has 50 valence electrons. The van der Waals surface area contributed by atoms with Gasteiger partial charge in [-0.3, -0.25) is 0 Å².